The Bertz CT molecular complexity index is 651. The molecule has 188 valence electrons. The normalized spacial score (nSPS) is 20.1. The lowest BCUT2D eigenvalue weighted by Gasteiger charge is -2.33. The van der Waals surface area contributed by atoms with Crippen molar-refractivity contribution in [2.45, 2.75) is 77.7 Å². The van der Waals surface area contributed by atoms with Crippen LogP contribution in [0.15, 0.2) is 0 Å². The van der Waals surface area contributed by atoms with Gasteiger partial charge in [0.2, 0.25) is 17.7 Å². The average molecular weight is 467 g/mol. The minimum Gasteiger partial charge on any atom is -0.464 e. The van der Waals surface area contributed by atoms with Crippen LogP contribution in [0.5, 0.6) is 0 Å². The Morgan fingerprint density at radius 2 is 1.88 bits per heavy atom. The number of carbonyl (C=O) groups is 4. The van der Waals surface area contributed by atoms with Crippen LogP contribution in [-0.4, -0.2) is 74.0 Å². The third kappa shape index (κ3) is 10.1. The number of esters is 1. The van der Waals surface area contributed by atoms with Crippen LogP contribution in [-0.2, 0) is 23.9 Å². The fraction of sp³-hybridized carbons (Fsp3) is 0.833. The summed E-state index contributed by atoms with van der Waals surface area (Å²) in [7, 11) is 0. The molecule has 0 bridgehead atoms. The van der Waals surface area contributed by atoms with Crippen LogP contribution in [0.25, 0.3) is 0 Å². The van der Waals surface area contributed by atoms with Gasteiger partial charge in [0.25, 0.3) is 0 Å². The number of nitrogens with zero attached hydrogens (tertiary/aromatic N) is 1. The number of rotatable bonds is 12. The molecule has 0 aliphatic carbocycles. The summed E-state index contributed by atoms with van der Waals surface area (Å²) in [5, 5.41) is 8.68. The molecule has 9 heteroatoms. The van der Waals surface area contributed by atoms with Crippen LogP contribution in [0, 0.1) is 11.8 Å². The number of unbranched alkanes of at least 4 members (excludes halogenated alkanes) is 2. The molecule has 0 saturated carbocycles. The lowest BCUT2D eigenvalue weighted by atomic mass is 9.92. The lowest BCUT2D eigenvalue weighted by molar-refractivity contribution is -0.147. The first-order valence-corrected chi connectivity index (χ1v) is 12.6. The van der Waals surface area contributed by atoms with E-state index in [1.165, 1.54) is 6.92 Å². The van der Waals surface area contributed by atoms with Gasteiger partial charge < -0.3 is 25.6 Å². The highest BCUT2D eigenvalue weighted by molar-refractivity contribution is 5.85. The molecule has 2 rings (SSSR count). The molecule has 2 aliphatic heterocycles. The van der Waals surface area contributed by atoms with Gasteiger partial charge in [-0.05, 0) is 57.5 Å². The number of carbonyl (C=O) groups excluding carboxylic acids is 4. The van der Waals surface area contributed by atoms with Crippen molar-refractivity contribution < 1.29 is 23.9 Å². The van der Waals surface area contributed by atoms with E-state index in [9.17, 15) is 19.2 Å². The highest BCUT2D eigenvalue weighted by atomic mass is 16.5. The Labute approximate surface area is 197 Å². The SMILES string of the molecule is CCCCCOC(=O)C(CNC(=O)[C@@H]1CCCN(C(=O)CCC2CCNCC2)C1)NC(C)=O. The van der Waals surface area contributed by atoms with Crippen LogP contribution in [0.1, 0.15) is 71.6 Å². The second-order valence-electron chi connectivity index (χ2n) is 9.28. The topological polar surface area (TPSA) is 117 Å². The van der Waals surface area contributed by atoms with E-state index in [0.717, 1.165) is 58.0 Å². The fourth-order valence-corrected chi connectivity index (χ4v) is 4.48. The predicted octanol–water partition coefficient (Wildman–Crippen LogP) is 1.36. The maximum Gasteiger partial charge on any atom is 0.330 e. The lowest BCUT2D eigenvalue weighted by Crippen LogP contribution is -2.51. The van der Waals surface area contributed by atoms with Gasteiger partial charge in [-0.2, -0.15) is 0 Å². The largest absolute Gasteiger partial charge is 0.464 e. The number of likely N-dealkylation sites (tertiary alicyclic amines) is 1. The van der Waals surface area contributed by atoms with Crippen LogP contribution < -0.4 is 16.0 Å². The smallest absolute Gasteiger partial charge is 0.330 e. The first kappa shape index (κ1) is 27.1. The maximum atomic E-state index is 12.8. The van der Waals surface area contributed by atoms with Gasteiger partial charge >= 0.3 is 5.97 Å². The average Bonchev–Trinajstić information content (AvgIpc) is 2.83. The Kier molecular flexibility index (Phi) is 12.2. The van der Waals surface area contributed by atoms with Crippen molar-refractivity contribution >= 4 is 23.7 Å². The Balaban J connectivity index is 1.78. The quantitative estimate of drug-likeness (QED) is 0.295. The molecule has 9 nitrogen and oxygen atoms in total. The molecule has 3 amide bonds. The molecule has 0 aromatic carbocycles. The Morgan fingerprint density at radius 1 is 1.12 bits per heavy atom. The molecule has 2 heterocycles. The van der Waals surface area contributed by atoms with Crippen LogP contribution in [0.4, 0.5) is 0 Å². The van der Waals surface area contributed by atoms with Gasteiger partial charge in [-0.15, -0.1) is 0 Å². The molecule has 0 spiro atoms. The van der Waals surface area contributed by atoms with Crippen LogP contribution in [0.3, 0.4) is 0 Å². The molecule has 0 aromatic rings. The van der Waals surface area contributed by atoms with Gasteiger partial charge in [0, 0.05) is 33.0 Å². The summed E-state index contributed by atoms with van der Waals surface area (Å²) < 4.78 is 5.25. The second kappa shape index (κ2) is 14.9. The minimum atomic E-state index is -0.917. The van der Waals surface area contributed by atoms with Gasteiger partial charge in [0.05, 0.1) is 12.5 Å². The van der Waals surface area contributed by atoms with E-state index in [1.807, 2.05) is 4.90 Å². The molecule has 0 radical (unpaired) electrons. The highest BCUT2D eigenvalue weighted by Crippen LogP contribution is 2.21. The molecule has 33 heavy (non-hydrogen) atoms. The molecule has 2 aliphatic rings. The first-order chi connectivity index (χ1) is 15.9. The number of nitrogens with one attached hydrogen (secondary N) is 3. The molecule has 1 unspecified atom stereocenters. The van der Waals surface area contributed by atoms with E-state index in [0.29, 0.717) is 38.5 Å². The molecular formula is C24H42N4O5. The van der Waals surface area contributed by atoms with Gasteiger partial charge in [0.1, 0.15) is 6.04 Å². The summed E-state index contributed by atoms with van der Waals surface area (Å²) in [6, 6.07) is -0.917. The summed E-state index contributed by atoms with van der Waals surface area (Å²) in [4.78, 5) is 51.1. The van der Waals surface area contributed by atoms with E-state index in [-0.39, 0.29) is 30.2 Å². The molecule has 2 saturated heterocycles. The second-order valence-corrected chi connectivity index (χ2v) is 9.28. The van der Waals surface area contributed by atoms with Crippen molar-refractivity contribution in [2.75, 3.05) is 39.3 Å². The van der Waals surface area contributed by atoms with Gasteiger partial charge in [0.15, 0.2) is 0 Å². The number of ether oxygens (including phenoxy) is 1. The Hall–Kier alpha value is -2.16. The molecule has 0 aromatic heterocycles. The van der Waals surface area contributed by atoms with Crippen molar-refractivity contribution in [3.63, 3.8) is 0 Å². The van der Waals surface area contributed by atoms with Crippen LogP contribution >= 0.6 is 0 Å². The van der Waals surface area contributed by atoms with Crippen molar-refractivity contribution in [1.82, 2.24) is 20.9 Å². The van der Waals surface area contributed by atoms with Crippen molar-refractivity contribution in [3.05, 3.63) is 0 Å². The summed E-state index contributed by atoms with van der Waals surface area (Å²) in [5.74, 6) is -0.674. The standard InChI is InChI=1S/C24H42N4O5/c1-3-4-5-15-33-24(32)21(27-18(2)29)16-26-23(31)20-7-6-14-28(17-20)22(30)9-8-19-10-12-25-13-11-19/h19-21,25H,3-17H2,1-2H3,(H,26,31)(H,27,29)/t20-,21?/m1/s1. The zero-order valence-electron chi connectivity index (χ0n) is 20.3. The van der Waals surface area contributed by atoms with E-state index in [2.05, 4.69) is 22.9 Å². The summed E-state index contributed by atoms with van der Waals surface area (Å²) in [6.45, 7) is 6.81. The minimum absolute atomic E-state index is 0.0226. The van der Waals surface area contributed by atoms with Gasteiger partial charge in [-0.25, -0.2) is 4.79 Å². The van der Waals surface area contributed by atoms with Crippen molar-refractivity contribution in [2.24, 2.45) is 11.8 Å². The number of piperidine rings is 2. The van der Waals surface area contributed by atoms with Crippen molar-refractivity contribution in [1.29, 1.82) is 0 Å². The third-order valence-electron chi connectivity index (χ3n) is 6.50. The van der Waals surface area contributed by atoms with E-state index in [4.69, 9.17) is 4.74 Å². The fourth-order valence-electron chi connectivity index (χ4n) is 4.48. The van der Waals surface area contributed by atoms with Gasteiger partial charge in [-0.3, -0.25) is 14.4 Å². The third-order valence-corrected chi connectivity index (χ3v) is 6.50. The van der Waals surface area contributed by atoms with Gasteiger partial charge in [-0.1, -0.05) is 19.8 Å². The van der Waals surface area contributed by atoms with E-state index in [1.54, 1.807) is 0 Å². The molecular weight excluding hydrogens is 424 g/mol. The molecule has 2 fully saturated rings. The summed E-state index contributed by atoms with van der Waals surface area (Å²) >= 11 is 0. The number of hydrogen-bond donors (Lipinski definition) is 3. The monoisotopic (exact) mass is 466 g/mol. The zero-order valence-corrected chi connectivity index (χ0v) is 20.3. The number of amides is 3. The van der Waals surface area contributed by atoms with Crippen LogP contribution in [0.2, 0.25) is 0 Å². The maximum absolute atomic E-state index is 12.8. The summed E-state index contributed by atoms with van der Waals surface area (Å²) in [6.07, 6.45) is 7.92. The zero-order chi connectivity index (χ0) is 24.1. The molecule has 3 N–H and O–H groups in total. The van der Waals surface area contributed by atoms with E-state index < -0.39 is 12.0 Å². The first-order valence-electron chi connectivity index (χ1n) is 12.6. The van der Waals surface area contributed by atoms with E-state index >= 15 is 0 Å². The molecule has 2 atom stereocenters. The number of hydrogen-bond acceptors (Lipinski definition) is 6. The predicted molar refractivity (Wildman–Crippen MR) is 125 cm³/mol. The van der Waals surface area contributed by atoms with Crippen molar-refractivity contribution in [3.8, 4) is 0 Å². The summed E-state index contributed by atoms with van der Waals surface area (Å²) in [5.41, 5.74) is 0. The Morgan fingerprint density at radius 3 is 2.58 bits per heavy atom. The highest BCUT2D eigenvalue weighted by Gasteiger charge is 2.30.